The molecule has 0 saturated carbocycles. The summed E-state index contributed by atoms with van der Waals surface area (Å²) in [5.74, 6) is -0.362. The predicted molar refractivity (Wildman–Crippen MR) is 106 cm³/mol. The van der Waals surface area contributed by atoms with Crippen LogP contribution in [0.2, 0.25) is 0 Å². The second-order valence-electron chi connectivity index (χ2n) is 6.12. The number of thiophene rings is 1. The van der Waals surface area contributed by atoms with Crippen molar-refractivity contribution >= 4 is 27.1 Å². The number of hydrogen-bond acceptors (Lipinski definition) is 4. The van der Waals surface area contributed by atoms with E-state index in [1.54, 1.807) is 31.2 Å². The Kier molecular flexibility index (Phi) is 5.28. The van der Waals surface area contributed by atoms with Crippen molar-refractivity contribution in [3.63, 3.8) is 0 Å². The highest BCUT2D eigenvalue weighted by Gasteiger charge is 2.22. The van der Waals surface area contributed by atoms with Crippen LogP contribution >= 0.6 is 11.3 Å². The average molecular weight is 404 g/mol. The Morgan fingerprint density at radius 3 is 2.33 bits per heavy atom. The summed E-state index contributed by atoms with van der Waals surface area (Å²) in [6.07, 6.45) is 0.338. The molecule has 2 N–H and O–H groups in total. The summed E-state index contributed by atoms with van der Waals surface area (Å²) in [7, 11) is -3.79. The number of benzene rings is 2. The summed E-state index contributed by atoms with van der Waals surface area (Å²) in [6.45, 7) is 3.67. The maximum atomic E-state index is 13.7. The number of ketones is 1. The Labute approximate surface area is 161 Å². The van der Waals surface area contributed by atoms with E-state index in [4.69, 9.17) is 5.14 Å². The monoisotopic (exact) mass is 403 g/mol. The molecule has 0 aliphatic carbocycles. The highest BCUT2D eigenvalue weighted by atomic mass is 32.2. The first kappa shape index (κ1) is 19.4. The molecule has 0 aliphatic rings. The lowest BCUT2D eigenvalue weighted by Gasteiger charge is -2.07. The molecule has 0 atom stereocenters. The van der Waals surface area contributed by atoms with Crippen LogP contribution in [0, 0.1) is 12.7 Å². The van der Waals surface area contributed by atoms with Crippen LogP contribution in [0.5, 0.6) is 0 Å². The van der Waals surface area contributed by atoms with Gasteiger partial charge in [0.15, 0.2) is 5.78 Å². The molecule has 7 heteroatoms. The fourth-order valence-corrected chi connectivity index (χ4v) is 4.79. The van der Waals surface area contributed by atoms with Gasteiger partial charge in [-0.05, 0) is 47.9 Å². The molecule has 0 fully saturated rings. The van der Waals surface area contributed by atoms with Gasteiger partial charge in [0.25, 0.3) is 0 Å². The Balaban J connectivity index is 2.21. The van der Waals surface area contributed by atoms with Crippen LogP contribution in [0.1, 0.15) is 28.6 Å². The Morgan fingerprint density at radius 2 is 1.78 bits per heavy atom. The Bertz CT molecular complexity index is 1120. The van der Waals surface area contributed by atoms with E-state index in [0.717, 1.165) is 21.6 Å². The van der Waals surface area contributed by atoms with E-state index in [0.29, 0.717) is 16.9 Å². The van der Waals surface area contributed by atoms with Crippen molar-refractivity contribution in [1.82, 2.24) is 0 Å². The number of carbonyl (C=O) groups is 1. The van der Waals surface area contributed by atoms with Crippen LogP contribution in [0.3, 0.4) is 0 Å². The van der Waals surface area contributed by atoms with Gasteiger partial charge < -0.3 is 0 Å². The van der Waals surface area contributed by atoms with E-state index < -0.39 is 10.0 Å². The van der Waals surface area contributed by atoms with Gasteiger partial charge in [0.05, 0.1) is 9.77 Å². The minimum absolute atomic E-state index is 0.00727. The van der Waals surface area contributed by atoms with Gasteiger partial charge in [0.2, 0.25) is 10.0 Å². The van der Waals surface area contributed by atoms with Crippen molar-refractivity contribution in [3.8, 4) is 21.6 Å². The van der Waals surface area contributed by atoms with Gasteiger partial charge in [-0.1, -0.05) is 31.2 Å². The van der Waals surface area contributed by atoms with Crippen LogP contribution in [0.25, 0.3) is 21.6 Å². The van der Waals surface area contributed by atoms with Gasteiger partial charge in [-0.3, -0.25) is 4.79 Å². The summed E-state index contributed by atoms with van der Waals surface area (Å²) in [5.41, 5.74) is 3.02. The molecular weight excluding hydrogens is 385 g/mol. The molecule has 0 bridgehead atoms. The average Bonchev–Trinajstić information content (AvgIpc) is 2.97. The molecule has 27 heavy (non-hydrogen) atoms. The lowest BCUT2D eigenvalue weighted by molar-refractivity contribution is 0.0992. The van der Waals surface area contributed by atoms with Crippen LogP contribution in [0.15, 0.2) is 53.4 Å². The minimum Gasteiger partial charge on any atom is -0.293 e. The number of primary sulfonamides is 1. The third-order valence-corrected chi connectivity index (χ3v) is 6.59. The quantitative estimate of drug-likeness (QED) is 0.624. The summed E-state index contributed by atoms with van der Waals surface area (Å²) in [4.78, 5) is 13.9. The Hall–Kier alpha value is -2.35. The SMILES string of the molecule is CCC(=O)c1sc(-c2cccc(F)c2)c(C)c1-c1ccc(S(N)(=O)=O)cc1. The smallest absolute Gasteiger partial charge is 0.238 e. The van der Waals surface area contributed by atoms with Crippen LogP contribution < -0.4 is 5.14 Å². The van der Waals surface area contributed by atoms with Crippen molar-refractivity contribution in [2.75, 3.05) is 0 Å². The molecule has 3 aromatic rings. The predicted octanol–water partition coefficient (Wildman–Crippen LogP) is 4.77. The number of nitrogens with two attached hydrogens (primary N) is 1. The molecule has 0 radical (unpaired) electrons. The van der Waals surface area contributed by atoms with Crippen molar-refractivity contribution in [1.29, 1.82) is 0 Å². The van der Waals surface area contributed by atoms with Crippen molar-refractivity contribution in [3.05, 3.63) is 64.8 Å². The maximum Gasteiger partial charge on any atom is 0.238 e. The molecule has 1 aromatic heterocycles. The standard InChI is InChI=1S/C20H18FNO3S2/c1-3-17(23)20-18(13-7-9-16(10-8-13)27(22,24)25)12(2)19(26-20)14-5-4-6-15(21)11-14/h4-11H,3H2,1-2H3,(H2,22,24,25). The van der Waals surface area contributed by atoms with Crippen LogP contribution in [-0.2, 0) is 10.0 Å². The molecule has 4 nitrogen and oxygen atoms in total. The van der Waals surface area contributed by atoms with Gasteiger partial charge in [-0.2, -0.15) is 0 Å². The zero-order valence-electron chi connectivity index (χ0n) is 14.8. The van der Waals surface area contributed by atoms with Gasteiger partial charge in [0, 0.05) is 16.9 Å². The first-order chi connectivity index (χ1) is 12.7. The first-order valence-corrected chi connectivity index (χ1v) is 10.6. The minimum atomic E-state index is -3.79. The van der Waals surface area contributed by atoms with Crippen molar-refractivity contribution in [2.45, 2.75) is 25.2 Å². The van der Waals surface area contributed by atoms with Gasteiger partial charge in [-0.25, -0.2) is 17.9 Å². The summed E-state index contributed by atoms with van der Waals surface area (Å²) < 4.78 is 36.6. The molecule has 1 heterocycles. The molecule has 3 rings (SSSR count). The van der Waals surface area contributed by atoms with E-state index >= 15 is 0 Å². The van der Waals surface area contributed by atoms with Crippen molar-refractivity contribution < 1.29 is 17.6 Å². The number of rotatable bonds is 5. The molecule has 2 aromatic carbocycles. The Morgan fingerprint density at radius 1 is 1.11 bits per heavy atom. The lowest BCUT2D eigenvalue weighted by Crippen LogP contribution is -2.11. The number of sulfonamides is 1. The summed E-state index contributed by atoms with van der Waals surface area (Å²) in [6, 6.07) is 12.4. The maximum absolute atomic E-state index is 13.7. The molecule has 0 unspecified atom stereocenters. The largest absolute Gasteiger partial charge is 0.293 e. The molecular formula is C20H18FNO3S2. The van der Waals surface area contributed by atoms with E-state index in [-0.39, 0.29) is 16.5 Å². The molecule has 140 valence electrons. The summed E-state index contributed by atoms with van der Waals surface area (Å²) in [5, 5.41) is 5.15. The highest BCUT2D eigenvalue weighted by Crippen LogP contribution is 2.42. The third-order valence-electron chi connectivity index (χ3n) is 4.28. The number of hydrogen-bond donors (Lipinski definition) is 1. The van der Waals surface area contributed by atoms with E-state index in [1.807, 2.05) is 6.92 Å². The zero-order chi connectivity index (χ0) is 19.8. The van der Waals surface area contributed by atoms with Gasteiger partial charge >= 0.3 is 0 Å². The number of carbonyl (C=O) groups excluding carboxylic acids is 1. The third kappa shape index (κ3) is 3.85. The number of Topliss-reactive ketones (excluding diaryl/α,β-unsaturated/α-hetero) is 1. The first-order valence-electron chi connectivity index (χ1n) is 8.28. The van der Waals surface area contributed by atoms with Gasteiger partial charge in [-0.15, -0.1) is 11.3 Å². The normalized spacial score (nSPS) is 11.6. The second-order valence-corrected chi connectivity index (χ2v) is 8.70. The second kappa shape index (κ2) is 7.34. The van der Waals surface area contributed by atoms with E-state index in [2.05, 4.69) is 0 Å². The topological polar surface area (TPSA) is 77.2 Å². The highest BCUT2D eigenvalue weighted by molar-refractivity contribution is 7.89. The van der Waals surface area contributed by atoms with Gasteiger partial charge in [0.1, 0.15) is 5.82 Å². The van der Waals surface area contributed by atoms with Crippen LogP contribution in [-0.4, -0.2) is 14.2 Å². The number of halogens is 1. The molecule has 0 amide bonds. The molecule has 0 saturated heterocycles. The van der Waals surface area contributed by atoms with E-state index in [1.165, 1.54) is 35.6 Å². The molecule has 0 spiro atoms. The van der Waals surface area contributed by atoms with E-state index in [9.17, 15) is 17.6 Å². The fraction of sp³-hybridized carbons (Fsp3) is 0.150. The lowest BCUT2D eigenvalue weighted by atomic mass is 9.97. The fourth-order valence-electron chi connectivity index (χ4n) is 2.93. The van der Waals surface area contributed by atoms with Crippen LogP contribution in [0.4, 0.5) is 4.39 Å². The summed E-state index contributed by atoms with van der Waals surface area (Å²) >= 11 is 1.33. The molecule has 0 aliphatic heterocycles. The zero-order valence-corrected chi connectivity index (χ0v) is 16.5. The van der Waals surface area contributed by atoms with Crippen molar-refractivity contribution in [2.24, 2.45) is 5.14 Å².